The van der Waals surface area contributed by atoms with Gasteiger partial charge in [0.2, 0.25) is 5.95 Å². The van der Waals surface area contributed by atoms with Crippen LogP contribution in [0.4, 0.5) is 41.4 Å². The highest BCUT2D eigenvalue weighted by Gasteiger charge is 2.30. The topological polar surface area (TPSA) is 84.0 Å². The van der Waals surface area contributed by atoms with Gasteiger partial charge in [-0.2, -0.15) is 23.1 Å². The van der Waals surface area contributed by atoms with Crippen molar-refractivity contribution in [2.75, 3.05) is 36.2 Å². The lowest BCUT2D eigenvalue weighted by Crippen LogP contribution is -2.11. The molecule has 0 aliphatic heterocycles. The summed E-state index contributed by atoms with van der Waals surface area (Å²) in [6, 6.07) is 9.74. The predicted octanol–water partition coefficient (Wildman–Crippen LogP) is 6.96. The number of rotatable bonds is 8. The van der Waals surface area contributed by atoms with Gasteiger partial charge in [-0.1, -0.05) is 40.6 Å². The number of aromatic nitrogens is 3. The van der Waals surface area contributed by atoms with Crippen molar-refractivity contribution in [2.24, 2.45) is 0 Å². The van der Waals surface area contributed by atoms with Gasteiger partial charge < -0.3 is 20.7 Å². The van der Waals surface area contributed by atoms with Crippen LogP contribution in [-0.2, 0) is 10.9 Å². The first-order chi connectivity index (χ1) is 16.2. The lowest BCUT2D eigenvalue weighted by molar-refractivity contribution is -0.137. The Hall–Kier alpha value is -2.86. The summed E-state index contributed by atoms with van der Waals surface area (Å²) in [6.07, 6.45) is -4.42. The summed E-state index contributed by atoms with van der Waals surface area (Å²) in [7, 11) is 1.57. The van der Waals surface area contributed by atoms with E-state index in [2.05, 4.69) is 30.9 Å². The molecule has 0 spiro atoms. The standard InChI is InChI=1S/C21H17Cl2F3N6OS/c1-33-10-9-27-19-31-17(28-12-7-5-11(6-8-12)21(24,25)26)16-18(32-19)34-20(30-16)29-15-13(22)3-2-4-14(15)23/h2-8H,9-10H2,1H3,(H,29,30)(H2,27,28,31,32). The lowest BCUT2D eigenvalue weighted by atomic mass is 10.2. The second-order valence-electron chi connectivity index (χ2n) is 6.91. The molecule has 34 heavy (non-hydrogen) atoms. The maximum absolute atomic E-state index is 12.9. The molecule has 3 N–H and O–H groups in total. The molecule has 2 aromatic carbocycles. The van der Waals surface area contributed by atoms with Crippen molar-refractivity contribution in [3.8, 4) is 0 Å². The molecule has 4 aromatic rings. The fourth-order valence-corrected chi connectivity index (χ4v) is 4.25. The number of alkyl halides is 3. The van der Waals surface area contributed by atoms with Crippen LogP contribution in [0.25, 0.3) is 10.3 Å². The number of fused-ring (bicyclic) bond motifs is 1. The minimum absolute atomic E-state index is 0.310. The van der Waals surface area contributed by atoms with Crippen LogP contribution >= 0.6 is 34.5 Å². The third-order valence-corrected chi connectivity index (χ3v) is 6.01. The minimum Gasteiger partial charge on any atom is -0.383 e. The molecule has 7 nitrogen and oxygen atoms in total. The van der Waals surface area contributed by atoms with Gasteiger partial charge in [-0.05, 0) is 36.4 Å². The zero-order chi connectivity index (χ0) is 24.3. The summed E-state index contributed by atoms with van der Waals surface area (Å²) < 4.78 is 43.7. The Kier molecular flexibility index (Phi) is 7.27. The molecule has 2 heterocycles. The molecule has 178 valence electrons. The van der Waals surface area contributed by atoms with Gasteiger partial charge in [0.05, 0.1) is 27.9 Å². The fraction of sp³-hybridized carbons (Fsp3) is 0.190. The number of thiazole rings is 1. The molecule has 0 saturated carbocycles. The van der Waals surface area contributed by atoms with E-state index in [1.54, 1.807) is 25.3 Å². The van der Waals surface area contributed by atoms with Crippen molar-refractivity contribution in [3.05, 3.63) is 58.1 Å². The molecule has 0 bridgehead atoms. The van der Waals surface area contributed by atoms with Crippen LogP contribution in [0.5, 0.6) is 0 Å². The van der Waals surface area contributed by atoms with E-state index in [4.69, 9.17) is 27.9 Å². The quantitative estimate of drug-likeness (QED) is 0.213. The minimum atomic E-state index is -4.42. The highest BCUT2D eigenvalue weighted by molar-refractivity contribution is 7.22. The van der Waals surface area contributed by atoms with Crippen LogP contribution in [0, 0.1) is 0 Å². The summed E-state index contributed by atoms with van der Waals surface area (Å²) in [5.41, 5.74) is 0.582. The summed E-state index contributed by atoms with van der Waals surface area (Å²) >= 11 is 13.7. The molecule has 0 fully saturated rings. The van der Waals surface area contributed by atoms with E-state index in [0.717, 1.165) is 12.1 Å². The maximum atomic E-state index is 12.9. The van der Waals surface area contributed by atoms with E-state index >= 15 is 0 Å². The van der Waals surface area contributed by atoms with Crippen molar-refractivity contribution in [1.29, 1.82) is 0 Å². The average Bonchev–Trinajstić information content (AvgIpc) is 3.19. The molecule has 0 aliphatic rings. The zero-order valence-electron chi connectivity index (χ0n) is 17.5. The molecule has 0 atom stereocenters. The largest absolute Gasteiger partial charge is 0.416 e. The Morgan fingerprint density at radius 3 is 2.32 bits per heavy atom. The van der Waals surface area contributed by atoms with Crippen molar-refractivity contribution in [3.63, 3.8) is 0 Å². The number of anilines is 5. The van der Waals surface area contributed by atoms with Crippen LogP contribution in [0.2, 0.25) is 10.0 Å². The Labute approximate surface area is 206 Å². The van der Waals surface area contributed by atoms with Crippen LogP contribution < -0.4 is 16.0 Å². The normalized spacial score (nSPS) is 11.6. The van der Waals surface area contributed by atoms with Gasteiger partial charge in [0.1, 0.15) is 5.52 Å². The highest BCUT2D eigenvalue weighted by atomic mass is 35.5. The fourth-order valence-electron chi connectivity index (χ4n) is 2.91. The molecule has 0 radical (unpaired) electrons. The third-order valence-electron chi connectivity index (χ3n) is 4.52. The summed E-state index contributed by atoms with van der Waals surface area (Å²) in [4.78, 5) is 14.0. The van der Waals surface area contributed by atoms with Crippen molar-refractivity contribution >= 4 is 73.2 Å². The number of halogens is 5. The molecule has 13 heteroatoms. The second-order valence-corrected chi connectivity index (χ2v) is 8.70. The van der Waals surface area contributed by atoms with Crippen molar-refractivity contribution in [2.45, 2.75) is 6.18 Å². The molecule has 0 saturated heterocycles. The monoisotopic (exact) mass is 528 g/mol. The summed E-state index contributed by atoms with van der Waals surface area (Å²) in [5.74, 6) is 0.629. The van der Waals surface area contributed by atoms with Crippen LogP contribution in [0.1, 0.15) is 5.56 Å². The first-order valence-electron chi connectivity index (χ1n) is 9.81. The predicted molar refractivity (Wildman–Crippen MR) is 130 cm³/mol. The van der Waals surface area contributed by atoms with Gasteiger partial charge in [0.15, 0.2) is 15.8 Å². The number of nitrogens with one attached hydrogen (secondary N) is 3. The van der Waals surface area contributed by atoms with E-state index in [9.17, 15) is 13.2 Å². The number of para-hydroxylation sites is 1. The number of benzene rings is 2. The van der Waals surface area contributed by atoms with Gasteiger partial charge in [-0.15, -0.1) is 0 Å². The van der Waals surface area contributed by atoms with E-state index in [-0.39, 0.29) is 0 Å². The number of ether oxygens (including phenoxy) is 1. The smallest absolute Gasteiger partial charge is 0.383 e. The van der Waals surface area contributed by atoms with Crippen LogP contribution in [0.3, 0.4) is 0 Å². The lowest BCUT2D eigenvalue weighted by Gasteiger charge is -2.11. The molecular weight excluding hydrogens is 512 g/mol. The molecule has 4 rings (SSSR count). The van der Waals surface area contributed by atoms with E-state index < -0.39 is 11.7 Å². The summed E-state index contributed by atoms with van der Waals surface area (Å²) in [5, 5.41) is 10.5. The Balaban J connectivity index is 1.69. The van der Waals surface area contributed by atoms with Gasteiger partial charge in [0.25, 0.3) is 0 Å². The molecule has 0 amide bonds. The van der Waals surface area contributed by atoms with Crippen LogP contribution in [0.15, 0.2) is 42.5 Å². The maximum Gasteiger partial charge on any atom is 0.416 e. The van der Waals surface area contributed by atoms with Gasteiger partial charge in [-0.3, -0.25) is 0 Å². The van der Waals surface area contributed by atoms with Crippen LogP contribution in [-0.4, -0.2) is 35.2 Å². The van der Waals surface area contributed by atoms with Gasteiger partial charge >= 0.3 is 6.18 Å². The number of hydrogen-bond acceptors (Lipinski definition) is 8. The number of hydrogen-bond donors (Lipinski definition) is 3. The van der Waals surface area contributed by atoms with Crippen molar-refractivity contribution < 1.29 is 17.9 Å². The second kappa shape index (κ2) is 10.2. The highest BCUT2D eigenvalue weighted by Crippen LogP contribution is 2.37. The molecule has 2 aromatic heterocycles. The van der Waals surface area contributed by atoms with Gasteiger partial charge in [-0.25, -0.2) is 4.98 Å². The number of methoxy groups -OCH3 is 1. The Bertz CT molecular complexity index is 1280. The first-order valence-corrected chi connectivity index (χ1v) is 11.4. The Morgan fingerprint density at radius 2 is 1.68 bits per heavy atom. The van der Waals surface area contributed by atoms with Gasteiger partial charge in [0, 0.05) is 19.3 Å². The van der Waals surface area contributed by atoms with E-state index in [0.29, 0.717) is 61.8 Å². The van der Waals surface area contributed by atoms with E-state index in [1.165, 1.54) is 23.5 Å². The number of nitrogens with zero attached hydrogens (tertiary/aromatic N) is 3. The summed E-state index contributed by atoms with van der Waals surface area (Å²) in [6.45, 7) is 0.893. The average molecular weight is 529 g/mol. The molecule has 0 unspecified atom stereocenters. The molecule has 0 aliphatic carbocycles. The SMILES string of the molecule is COCCNc1nc(Nc2ccc(C(F)(F)F)cc2)c2nc(Nc3c(Cl)cccc3Cl)sc2n1. The third kappa shape index (κ3) is 5.61. The van der Waals surface area contributed by atoms with Crippen molar-refractivity contribution in [1.82, 2.24) is 15.0 Å². The zero-order valence-corrected chi connectivity index (χ0v) is 19.8. The Morgan fingerprint density at radius 1 is 0.971 bits per heavy atom. The first kappa shape index (κ1) is 24.3. The van der Waals surface area contributed by atoms with E-state index in [1.807, 2.05) is 0 Å². The molecular formula is C21H17Cl2F3N6OS.